The Hall–Kier alpha value is -1.96. The normalized spacial score (nSPS) is 10.7. The minimum Gasteiger partial charge on any atom is -0.454 e. The van der Waals surface area contributed by atoms with Crippen LogP contribution < -0.4 is 0 Å². The maximum Gasteiger partial charge on any atom is 0.339 e. The average Bonchev–Trinajstić information content (AvgIpc) is 3.26. The van der Waals surface area contributed by atoms with Crippen LogP contribution in [0.3, 0.4) is 0 Å². The summed E-state index contributed by atoms with van der Waals surface area (Å²) in [5.74, 6) is 0.0194. The SMILES string of the molecule is Cc1ccc(C(=O)COC(=O)c2ccccc2SCc2csc(C)n2)s1. The van der Waals surface area contributed by atoms with Gasteiger partial charge in [-0.25, -0.2) is 9.78 Å². The zero-order chi connectivity index (χ0) is 18.5. The van der Waals surface area contributed by atoms with Crippen molar-refractivity contribution in [3.63, 3.8) is 0 Å². The number of carbonyl (C=O) groups excluding carboxylic acids is 2. The quantitative estimate of drug-likeness (QED) is 0.310. The molecule has 134 valence electrons. The molecule has 3 rings (SSSR count). The summed E-state index contributed by atoms with van der Waals surface area (Å²) in [5.41, 5.74) is 1.46. The zero-order valence-corrected chi connectivity index (χ0v) is 16.8. The van der Waals surface area contributed by atoms with Gasteiger partial charge >= 0.3 is 5.97 Å². The number of nitrogens with zero attached hydrogens (tertiary/aromatic N) is 1. The average molecular weight is 404 g/mol. The highest BCUT2D eigenvalue weighted by Crippen LogP contribution is 2.27. The van der Waals surface area contributed by atoms with Gasteiger partial charge in [-0.1, -0.05) is 12.1 Å². The number of thiophene rings is 1. The third-order valence-corrected chi connectivity index (χ3v) is 6.47. The minimum atomic E-state index is -0.482. The Morgan fingerprint density at radius 2 is 1.96 bits per heavy atom. The number of carbonyl (C=O) groups is 2. The Kier molecular flexibility index (Phi) is 6.24. The van der Waals surface area contributed by atoms with Crippen molar-refractivity contribution < 1.29 is 14.3 Å². The van der Waals surface area contributed by atoms with E-state index in [9.17, 15) is 9.59 Å². The lowest BCUT2D eigenvalue weighted by atomic mass is 10.2. The van der Waals surface area contributed by atoms with E-state index in [0.29, 0.717) is 16.2 Å². The third kappa shape index (κ3) is 4.81. The maximum atomic E-state index is 12.4. The molecular formula is C19H17NO3S3. The first-order valence-corrected chi connectivity index (χ1v) is 10.6. The highest BCUT2D eigenvalue weighted by Gasteiger charge is 2.16. The number of hydrogen-bond donors (Lipinski definition) is 0. The fourth-order valence-corrected chi connectivity index (χ4v) is 4.69. The number of ether oxygens (including phenoxy) is 1. The fraction of sp³-hybridized carbons (Fsp3) is 0.211. The van der Waals surface area contributed by atoms with Crippen LogP contribution in [-0.4, -0.2) is 23.3 Å². The number of Topliss-reactive ketones (excluding diaryl/α,β-unsaturated/α-hetero) is 1. The first kappa shape index (κ1) is 18.8. The van der Waals surface area contributed by atoms with Crippen LogP contribution in [-0.2, 0) is 10.5 Å². The van der Waals surface area contributed by atoms with E-state index in [1.807, 2.05) is 37.4 Å². The third-order valence-electron chi connectivity index (χ3n) is 3.50. The summed E-state index contributed by atoms with van der Waals surface area (Å²) < 4.78 is 5.24. The second-order valence-corrected chi connectivity index (χ2v) is 8.92. The molecule has 0 bridgehead atoms. The van der Waals surface area contributed by atoms with Crippen molar-refractivity contribution in [1.29, 1.82) is 0 Å². The minimum absolute atomic E-state index is 0.181. The molecule has 0 amide bonds. The maximum absolute atomic E-state index is 12.4. The predicted molar refractivity (Wildman–Crippen MR) is 107 cm³/mol. The van der Waals surface area contributed by atoms with E-state index in [1.165, 1.54) is 23.1 Å². The molecule has 0 N–H and O–H groups in total. The molecule has 0 radical (unpaired) electrons. The van der Waals surface area contributed by atoms with Gasteiger partial charge < -0.3 is 4.74 Å². The van der Waals surface area contributed by atoms with Gasteiger partial charge in [-0.3, -0.25) is 4.79 Å². The van der Waals surface area contributed by atoms with E-state index in [-0.39, 0.29) is 12.4 Å². The largest absolute Gasteiger partial charge is 0.454 e. The van der Waals surface area contributed by atoms with E-state index >= 15 is 0 Å². The van der Waals surface area contributed by atoms with Gasteiger partial charge in [-0.05, 0) is 38.1 Å². The summed E-state index contributed by atoms with van der Waals surface area (Å²) in [6, 6.07) is 10.9. The smallest absolute Gasteiger partial charge is 0.339 e. The molecule has 3 aromatic rings. The molecule has 7 heteroatoms. The van der Waals surface area contributed by atoms with E-state index in [4.69, 9.17) is 4.74 Å². The van der Waals surface area contributed by atoms with Gasteiger partial charge in [0.2, 0.25) is 5.78 Å². The Labute approximate surface area is 164 Å². The second kappa shape index (κ2) is 8.62. The Bertz CT molecular complexity index is 930. The molecule has 1 aromatic carbocycles. The molecule has 26 heavy (non-hydrogen) atoms. The van der Waals surface area contributed by atoms with Crippen molar-refractivity contribution >= 4 is 46.2 Å². The molecule has 0 spiro atoms. The highest BCUT2D eigenvalue weighted by molar-refractivity contribution is 7.98. The topological polar surface area (TPSA) is 56.3 Å². The molecule has 0 aliphatic rings. The summed E-state index contributed by atoms with van der Waals surface area (Å²) >= 11 is 4.55. The van der Waals surface area contributed by atoms with Gasteiger partial charge in [0, 0.05) is 20.9 Å². The van der Waals surface area contributed by atoms with Crippen molar-refractivity contribution in [2.24, 2.45) is 0 Å². The molecule has 0 atom stereocenters. The zero-order valence-electron chi connectivity index (χ0n) is 14.4. The van der Waals surface area contributed by atoms with Gasteiger partial charge in [0.25, 0.3) is 0 Å². The number of aromatic nitrogens is 1. The number of thiazole rings is 1. The molecule has 2 heterocycles. The predicted octanol–water partition coefficient (Wildman–Crippen LogP) is 5.15. The standard InChI is InChI=1S/C19H17NO3S3/c1-12-7-8-18(26-12)16(21)9-23-19(22)15-5-3-4-6-17(15)25-11-14-10-24-13(2)20-14/h3-8,10H,9,11H2,1-2H3. The molecule has 0 aliphatic carbocycles. The van der Waals surface area contributed by atoms with Crippen LogP contribution in [0, 0.1) is 13.8 Å². The fourth-order valence-electron chi connectivity index (χ4n) is 2.25. The van der Waals surface area contributed by atoms with Gasteiger partial charge in [0.05, 0.1) is 21.1 Å². The second-order valence-electron chi connectivity index (χ2n) is 5.55. The number of rotatable bonds is 7. The van der Waals surface area contributed by atoms with Crippen molar-refractivity contribution in [3.8, 4) is 0 Å². The van der Waals surface area contributed by atoms with Crippen molar-refractivity contribution in [1.82, 2.24) is 4.98 Å². The first-order valence-electron chi connectivity index (χ1n) is 7.92. The number of ketones is 1. The molecule has 0 fully saturated rings. The van der Waals surface area contributed by atoms with E-state index in [2.05, 4.69) is 4.98 Å². The van der Waals surface area contributed by atoms with Crippen LogP contribution in [0.25, 0.3) is 0 Å². The molecule has 4 nitrogen and oxygen atoms in total. The lowest BCUT2D eigenvalue weighted by Gasteiger charge is -2.08. The summed E-state index contributed by atoms with van der Waals surface area (Å²) in [7, 11) is 0. The van der Waals surface area contributed by atoms with Crippen molar-refractivity contribution in [2.45, 2.75) is 24.5 Å². The Morgan fingerprint density at radius 3 is 2.65 bits per heavy atom. The van der Waals surface area contributed by atoms with E-state index in [1.54, 1.807) is 29.5 Å². The van der Waals surface area contributed by atoms with Crippen LogP contribution in [0.1, 0.15) is 35.6 Å². The first-order chi connectivity index (χ1) is 12.5. The summed E-state index contributed by atoms with van der Waals surface area (Å²) in [6.45, 7) is 3.66. The van der Waals surface area contributed by atoms with Gasteiger partial charge in [0.1, 0.15) is 0 Å². The monoisotopic (exact) mass is 403 g/mol. The summed E-state index contributed by atoms with van der Waals surface area (Å²) in [6.07, 6.45) is 0. The van der Waals surface area contributed by atoms with Crippen molar-refractivity contribution in [2.75, 3.05) is 6.61 Å². The number of benzene rings is 1. The van der Waals surface area contributed by atoms with Gasteiger partial charge in [0.15, 0.2) is 6.61 Å². The van der Waals surface area contributed by atoms with Crippen LogP contribution in [0.15, 0.2) is 46.7 Å². The summed E-state index contributed by atoms with van der Waals surface area (Å²) in [5, 5.41) is 3.04. The summed E-state index contributed by atoms with van der Waals surface area (Å²) in [4.78, 5) is 31.5. The number of esters is 1. The molecule has 0 aliphatic heterocycles. The van der Waals surface area contributed by atoms with Crippen molar-refractivity contribution in [3.05, 3.63) is 67.8 Å². The molecule has 2 aromatic heterocycles. The number of hydrogen-bond acceptors (Lipinski definition) is 7. The molecule has 0 saturated carbocycles. The number of thioether (sulfide) groups is 1. The van der Waals surface area contributed by atoms with Crippen LogP contribution in [0.5, 0.6) is 0 Å². The Morgan fingerprint density at radius 1 is 1.15 bits per heavy atom. The number of aryl methyl sites for hydroxylation is 2. The molecule has 0 saturated heterocycles. The van der Waals surface area contributed by atoms with E-state index < -0.39 is 5.97 Å². The van der Waals surface area contributed by atoms with Crippen LogP contribution in [0.2, 0.25) is 0 Å². The highest BCUT2D eigenvalue weighted by atomic mass is 32.2. The lowest BCUT2D eigenvalue weighted by Crippen LogP contribution is -2.14. The molecule has 0 unspecified atom stereocenters. The van der Waals surface area contributed by atoms with E-state index in [0.717, 1.165) is 20.5 Å². The Balaban J connectivity index is 1.62. The van der Waals surface area contributed by atoms with Crippen LogP contribution >= 0.6 is 34.4 Å². The van der Waals surface area contributed by atoms with Crippen LogP contribution in [0.4, 0.5) is 0 Å². The lowest BCUT2D eigenvalue weighted by molar-refractivity contribution is 0.0472. The molecular weight excluding hydrogens is 386 g/mol. The van der Waals surface area contributed by atoms with Gasteiger partial charge in [-0.15, -0.1) is 34.4 Å². The van der Waals surface area contributed by atoms with Gasteiger partial charge in [-0.2, -0.15) is 0 Å².